The quantitative estimate of drug-likeness (QED) is 0.576. The monoisotopic (exact) mass is 429 g/mol. The lowest BCUT2D eigenvalue weighted by Crippen LogP contribution is -2.63. The van der Waals surface area contributed by atoms with Crippen LogP contribution in [0.3, 0.4) is 0 Å². The third-order valence-corrected chi connectivity index (χ3v) is 7.02. The summed E-state index contributed by atoms with van der Waals surface area (Å²) in [5.41, 5.74) is 5.50. The zero-order valence-corrected chi connectivity index (χ0v) is 18.9. The van der Waals surface area contributed by atoms with Crippen molar-refractivity contribution in [3.8, 4) is 0 Å². The third kappa shape index (κ3) is 3.50. The summed E-state index contributed by atoms with van der Waals surface area (Å²) in [6.07, 6.45) is 4.95. The molecule has 2 aromatic carbocycles. The molecule has 1 saturated heterocycles. The van der Waals surface area contributed by atoms with Gasteiger partial charge in [-0.1, -0.05) is 74.2 Å². The second-order valence-electron chi connectivity index (χ2n) is 9.22. The smallest absolute Gasteiger partial charge is 0.246 e. The molecule has 0 unspecified atom stereocenters. The summed E-state index contributed by atoms with van der Waals surface area (Å²) < 4.78 is 0. The molecular weight excluding hydrogens is 398 g/mol. The normalized spacial score (nSPS) is 20.6. The van der Waals surface area contributed by atoms with Crippen LogP contribution in [0.25, 0.3) is 10.9 Å². The Hall–Kier alpha value is -3.08. The number of nitrogens with zero attached hydrogens (tertiary/aromatic N) is 2. The molecule has 3 heterocycles. The molecule has 2 aliphatic rings. The second kappa shape index (κ2) is 8.45. The van der Waals surface area contributed by atoms with E-state index in [2.05, 4.69) is 55.2 Å². The van der Waals surface area contributed by atoms with Crippen molar-refractivity contribution in [1.29, 1.82) is 0 Å². The molecule has 5 nitrogen and oxygen atoms in total. The molecule has 0 radical (unpaired) electrons. The first kappa shape index (κ1) is 20.8. The fourth-order valence-electron chi connectivity index (χ4n) is 5.34. The van der Waals surface area contributed by atoms with E-state index in [0.29, 0.717) is 13.0 Å². The highest BCUT2D eigenvalue weighted by molar-refractivity contribution is 5.97. The summed E-state index contributed by atoms with van der Waals surface area (Å²) in [5, 5.41) is 1.15. The summed E-state index contributed by atoms with van der Waals surface area (Å²) >= 11 is 0. The van der Waals surface area contributed by atoms with E-state index in [0.717, 1.165) is 41.4 Å². The van der Waals surface area contributed by atoms with E-state index < -0.39 is 6.04 Å². The molecule has 0 aliphatic carbocycles. The van der Waals surface area contributed by atoms with Crippen molar-refractivity contribution in [3.05, 3.63) is 70.9 Å². The van der Waals surface area contributed by atoms with E-state index in [1.807, 2.05) is 17.0 Å². The topological polar surface area (TPSA) is 56.4 Å². The Balaban J connectivity index is 1.56. The average Bonchev–Trinajstić information content (AvgIpc) is 3.17. The summed E-state index contributed by atoms with van der Waals surface area (Å²) in [6, 6.07) is 15.9. The Morgan fingerprint density at radius 3 is 2.56 bits per heavy atom. The molecule has 3 aromatic rings. The molecule has 166 valence electrons. The zero-order valence-electron chi connectivity index (χ0n) is 18.9. The lowest BCUT2D eigenvalue weighted by atomic mass is 9.86. The number of amides is 2. The van der Waals surface area contributed by atoms with Gasteiger partial charge in [0.1, 0.15) is 6.04 Å². The van der Waals surface area contributed by atoms with Crippen molar-refractivity contribution in [2.45, 2.75) is 58.0 Å². The summed E-state index contributed by atoms with van der Waals surface area (Å²) in [7, 11) is 0. The van der Waals surface area contributed by atoms with Gasteiger partial charge in [-0.25, -0.2) is 0 Å². The van der Waals surface area contributed by atoms with Gasteiger partial charge in [0.2, 0.25) is 11.8 Å². The Kier molecular flexibility index (Phi) is 5.50. The van der Waals surface area contributed by atoms with Gasteiger partial charge in [-0.3, -0.25) is 9.59 Å². The minimum Gasteiger partial charge on any atom is -0.356 e. The van der Waals surface area contributed by atoms with Gasteiger partial charge in [0.25, 0.3) is 0 Å². The van der Waals surface area contributed by atoms with Crippen molar-refractivity contribution < 1.29 is 9.59 Å². The Morgan fingerprint density at radius 2 is 1.78 bits per heavy atom. The number of carbonyl (C=O) groups excluding carboxylic acids is 2. The average molecular weight is 430 g/mol. The van der Waals surface area contributed by atoms with E-state index in [-0.39, 0.29) is 24.4 Å². The van der Waals surface area contributed by atoms with Crippen LogP contribution in [0.15, 0.2) is 48.5 Å². The van der Waals surface area contributed by atoms with Gasteiger partial charge in [0, 0.05) is 29.6 Å². The van der Waals surface area contributed by atoms with Crippen LogP contribution in [0.2, 0.25) is 0 Å². The van der Waals surface area contributed by atoms with Crippen molar-refractivity contribution in [1.82, 2.24) is 14.8 Å². The maximum atomic E-state index is 13.6. The summed E-state index contributed by atoms with van der Waals surface area (Å²) in [4.78, 5) is 34.3. The molecule has 1 N–H and O–H groups in total. The largest absolute Gasteiger partial charge is 0.356 e. The van der Waals surface area contributed by atoms with Gasteiger partial charge >= 0.3 is 0 Å². The number of nitrogens with one attached hydrogen (secondary N) is 1. The molecule has 32 heavy (non-hydrogen) atoms. The Bertz CT molecular complexity index is 1150. The van der Waals surface area contributed by atoms with Crippen molar-refractivity contribution in [2.75, 3.05) is 13.1 Å². The fraction of sp³-hybridized carbons (Fsp3) is 0.407. The maximum Gasteiger partial charge on any atom is 0.246 e. The SMILES string of the molecule is CCCCCCN1CC(=O)N2[C@@H](c3ccc(C)cc3)c3[nH]c4ccccc4c3C[C@H]2C1=O. The molecule has 0 bridgehead atoms. The van der Waals surface area contributed by atoms with Crippen molar-refractivity contribution >= 4 is 22.7 Å². The number of aryl methyl sites for hydroxylation is 1. The number of carbonyl (C=O) groups is 2. The van der Waals surface area contributed by atoms with Crippen LogP contribution in [-0.4, -0.2) is 45.7 Å². The highest BCUT2D eigenvalue weighted by atomic mass is 16.2. The fourth-order valence-corrected chi connectivity index (χ4v) is 5.34. The minimum atomic E-state index is -0.444. The molecule has 0 spiro atoms. The molecule has 5 rings (SSSR count). The highest BCUT2D eigenvalue weighted by Crippen LogP contribution is 2.42. The van der Waals surface area contributed by atoms with Gasteiger partial charge in [0.15, 0.2) is 0 Å². The van der Waals surface area contributed by atoms with E-state index in [1.54, 1.807) is 4.90 Å². The minimum absolute atomic E-state index is 0.0416. The number of aromatic amines is 1. The van der Waals surface area contributed by atoms with Gasteiger partial charge in [-0.2, -0.15) is 0 Å². The first-order valence-electron chi connectivity index (χ1n) is 11.8. The lowest BCUT2D eigenvalue weighted by molar-refractivity contribution is -0.158. The summed E-state index contributed by atoms with van der Waals surface area (Å²) in [6.45, 7) is 5.09. The van der Waals surface area contributed by atoms with E-state index in [1.165, 1.54) is 17.5 Å². The van der Waals surface area contributed by atoms with Crippen LogP contribution in [0, 0.1) is 6.92 Å². The number of rotatable bonds is 6. The van der Waals surface area contributed by atoms with Gasteiger partial charge < -0.3 is 14.8 Å². The van der Waals surface area contributed by atoms with Gasteiger partial charge in [-0.05, 0) is 30.5 Å². The Labute approximate surface area is 189 Å². The molecule has 2 atom stereocenters. The molecule has 1 fully saturated rings. The maximum absolute atomic E-state index is 13.6. The number of hydrogen-bond donors (Lipinski definition) is 1. The second-order valence-corrected chi connectivity index (χ2v) is 9.22. The predicted octanol–water partition coefficient (Wildman–Crippen LogP) is 4.74. The molecular formula is C27H31N3O2. The number of unbranched alkanes of at least 4 members (excludes halogenated alkanes) is 3. The highest BCUT2D eigenvalue weighted by Gasteiger charge is 2.47. The van der Waals surface area contributed by atoms with Crippen LogP contribution < -0.4 is 0 Å². The lowest BCUT2D eigenvalue weighted by Gasteiger charge is -2.47. The number of aromatic nitrogens is 1. The first-order chi connectivity index (χ1) is 15.6. The number of piperazine rings is 1. The first-order valence-corrected chi connectivity index (χ1v) is 11.8. The van der Waals surface area contributed by atoms with E-state index in [9.17, 15) is 9.59 Å². The summed E-state index contributed by atoms with van der Waals surface area (Å²) in [5.74, 6) is 0.133. The number of fused-ring (bicyclic) bond motifs is 4. The number of hydrogen-bond acceptors (Lipinski definition) is 2. The Morgan fingerprint density at radius 1 is 1.00 bits per heavy atom. The van der Waals surface area contributed by atoms with Crippen LogP contribution in [0.1, 0.15) is 61.0 Å². The molecule has 1 aromatic heterocycles. The van der Waals surface area contributed by atoms with E-state index >= 15 is 0 Å². The number of H-pyrrole nitrogens is 1. The molecule has 5 heteroatoms. The zero-order chi connectivity index (χ0) is 22.2. The molecule has 2 amide bonds. The van der Waals surface area contributed by atoms with E-state index in [4.69, 9.17) is 0 Å². The van der Waals surface area contributed by atoms with Crippen LogP contribution in [-0.2, 0) is 16.0 Å². The number of para-hydroxylation sites is 1. The van der Waals surface area contributed by atoms with Gasteiger partial charge in [-0.15, -0.1) is 0 Å². The van der Waals surface area contributed by atoms with Crippen LogP contribution >= 0.6 is 0 Å². The molecule has 0 saturated carbocycles. The van der Waals surface area contributed by atoms with Crippen molar-refractivity contribution in [2.24, 2.45) is 0 Å². The van der Waals surface area contributed by atoms with Crippen molar-refractivity contribution in [3.63, 3.8) is 0 Å². The predicted molar refractivity (Wildman–Crippen MR) is 126 cm³/mol. The third-order valence-electron chi connectivity index (χ3n) is 7.02. The molecule has 2 aliphatic heterocycles. The van der Waals surface area contributed by atoms with Crippen LogP contribution in [0.4, 0.5) is 0 Å². The number of benzene rings is 2. The van der Waals surface area contributed by atoms with Gasteiger partial charge in [0.05, 0.1) is 12.6 Å². The standard InChI is InChI=1S/C27H31N3O2/c1-3-4-5-8-15-29-17-24(31)30-23(27(29)32)16-21-20-9-6-7-10-22(20)28-25(21)26(30)19-13-11-18(2)12-14-19/h6-7,9-14,23,26,28H,3-5,8,15-17H2,1-2H3/t23-,26-/m0/s1. The van der Waals surface area contributed by atoms with Crippen LogP contribution in [0.5, 0.6) is 0 Å².